The summed E-state index contributed by atoms with van der Waals surface area (Å²) in [5, 5.41) is 3.55. The lowest BCUT2D eigenvalue weighted by molar-refractivity contribution is 0.386. The SMILES string of the molecule is Cc1ccc2c(c1)CC(CN(C)C)N2. The van der Waals surface area contributed by atoms with Gasteiger partial charge in [0.1, 0.15) is 0 Å². The largest absolute Gasteiger partial charge is 0.380 e. The van der Waals surface area contributed by atoms with E-state index in [1.807, 2.05) is 0 Å². The Kier molecular flexibility index (Phi) is 2.46. The van der Waals surface area contributed by atoms with E-state index in [1.165, 1.54) is 16.8 Å². The van der Waals surface area contributed by atoms with E-state index in [4.69, 9.17) is 0 Å². The summed E-state index contributed by atoms with van der Waals surface area (Å²) in [4.78, 5) is 2.23. The van der Waals surface area contributed by atoms with E-state index in [0.29, 0.717) is 6.04 Å². The molecule has 0 saturated carbocycles. The number of benzene rings is 1. The van der Waals surface area contributed by atoms with E-state index in [0.717, 1.165) is 13.0 Å². The second-order valence-electron chi connectivity index (χ2n) is 4.47. The van der Waals surface area contributed by atoms with Crippen LogP contribution < -0.4 is 5.32 Å². The first kappa shape index (κ1) is 9.53. The van der Waals surface area contributed by atoms with Crippen molar-refractivity contribution in [2.45, 2.75) is 19.4 Å². The summed E-state index contributed by atoms with van der Waals surface area (Å²) in [5.74, 6) is 0. The zero-order chi connectivity index (χ0) is 10.1. The fourth-order valence-electron chi connectivity index (χ4n) is 2.12. The number of nitrogens with one attached hydrogen (secondary N) is 1. The van der Waals surface area contributed by atoms with Crippen LogP contribution in [0, 0.1) is 6.92 Å². The molecule has 1 aliphatic rings. The van der Waals surface area contributed by atoms with Gasteiger partial charge < -0.3 is 10.2 Å². The molecule has 0 saturated heterocycles. The lowest BCUT2D eigenvalue weighted by Gasteiger charge is -2.16. The first-order chi connectivity index (χ1) is 6.65. The molecule has 14 heavy (non-hydrogen) atoms. The second kappa shape index (κ2) is 3.62. The lowest BCUT2D eigenvalue weighted by atomic mass is 10.1. The zero-order valence-corrected chi connectivity index (χ0v) is 9.17. The molecule has 0 radical (unpaired) electrons. The van der Waals surface area contributed by atoms with Crippen molar-refractivity contribution in [3.05, 3.63) is 29.3 Å². The predicted molar refractivity (Wildman–Crippen MR) is 60.8 cm³/mol. The Morgan fingerprint density at radius 3 is 2.93 bits per heavy atom. The molecule has 1 heterocycles. The molecule has 0 bridgehead atoms. The van der Waals surface area contributed by atoms with Gasteiger partial charge in [0.25, 0.3) is 0 Å². The summed E-state index contributed by atoms with van der Waals surface area (Å²) in [6, 6.07) is 7.24. The molecule has 1 aliphatic heterocycles. The van der Waals surface area contributed by atoms with Crippen molar-refractivity contribution in [2.24, 2.45) is 0 Å². The van der Waals surface area contributed by atoms with Gasteiger partial charge in [-0.05, 0) is 39.1 Å². The maximum atomic E-state index is 3.55. The molecular weight excluding hydrogens is 172 g/mol. The van der Waals surface area contributed by atoms with Crippen LogP contribution in [-0.2, 0) is 6.42 Å². The minimum absolute atomic E-state index is 0.585. The van der Waals surface area contributed by atoms with E-state index >= 15 is 0 Å². The molecule has 2 nitrogen and oxygen atoms in total. The fourth-order valence-corrected chi connectivity index (χ4v) is 2.12. The van der Waals surface area contributed by atoms with Crippen LogP contribution in [0.25, 0.3) is 0 Å². The van der Waals surface area contributed by atoms with Crippen molar-refractivity contribution in [3.8, 4) is 0 Å². The minimum atomic E-state index is 0.585. The standard InChI is InChI=1S/C12H18N2/c1-9-4-5-12-10(6-9)7-11(13-12)8-14(2)3/h4-6,11,13H,7-8H2,1-3H3. The number of anilines is 1. The molecule has 1 aromatic rings. The highest BCUT2D eigenvalue weighted by atomic mass is 15.1. The number of rotatable bonds is 2. The summed E-state index contributed by atoms with van der Waals surface area (Å²) in [5.41, 5.74) is 4.15. The first-order valence-electron chi connectivity index (χ1n) is 5.16. The van der Waals surface area contributed by atoms with Crippen LogP contribution in [0.1, 0.15) is 11.1 Å². The predicted octanol–water partition coefficient (Wildman–Crippen LogP) is 1.89. The van der Waals surface area contributed by atoms with Crippen LogP contribution in [0.15, 0.2) is 18.2 Å². The van der Waals surface area contributed by atoms with Crippen LogP contribution in [0.3, 0.4) is 0 Å². The molecule has 0 fully saturated rings. The Hall–Kier alpha value is -1.02. The van der Waals surface area contributed by atoms with Crippen molar-refractivity contribution in [1.29, 1.82) is 0 Å². The van der Waals surface area contributed by atoms with E-state index < -0.39 is 0 Å². The number of fused-ring (bicyclic) bond motifs is 1. The summed E-state index contributed by atoms with van der Waals surface area (Å²) >= 11 is 0. The third-order valence-corrected chi connectivity index (χ3v) is 2.67. The molecule has 1 aromatic carbocycles. The van der Waals surface area contributed by atoms with Crippen LogP contribution in [-0.4, -0.2) is 31.6 Å². The second-order valence-corrected chi connectivity index (χ2v) is 4.47. The fraction of sp³-hybridized carbons (Fsp3) is 0.500. The average molecular weight is 190 g/mol. The third kappa shape index (κ3) is 1.90. The van der Waals surface area contributed by atoms with Gasteiger partial charge in [0, 0.05) is 18.3 Å². The van der Waals surface area contributed by atoms with Crippen LogP contribution in [0.5, 0.6) is 0 Å². The molecular formula is C12H18N2. The average Bonchev–Trinajstić information content (AvgIpc) is 2.44. The van der Waals surface area contributed by atoms with Crippen LogP contribution in [0.4, 0.5) is 5.69 Å². The Morgan fingerprint density at radius 1 is 1.43 bits per heavy atom. The van der Waals surface area contributed by atoms with Gasteiger partial charge in [-0.2, -0.15) is 0 Å². The Balaban J connectivity index is 2.10. The van der Waals surface area contributed by atoms with Crippen LogP contribution in [0.2, 0.25) is 0 Å². The van der Waals surface area contributed by atoms with Gasteiger partial charge in [-0.1, -0.05) is 17.7 Å². The molecule has 2 rings (SSSR count). The summed E-state index contributed by atoms with van der Waals surface area (Å²) in [6.07, 6.45) is 1.16. The zero-order valence-electron chi connectivity index (χ0n) is 9.17. The van der Waals surface area contributed by atoms with Crippen molar-refractivity contribution < 1.29 is 0 Å². The third-order valence-electron chi connectivity index (χ3n) is 2.67. The smallest absolute Gasteiger partial charge is 0.0429 e. The normalized spacial score (nSPS) is 19.6. The Labute approximate surface area is 85.9 Å². The summed E-state index contributed by atoms with van der Waals surface area (Å²) in [7, 11) is 4.24. The Morgan fingerprint density at radius 2 is 2.21 bits per heavy atom. The van der Waals surface area contributed by atoms with Gasteiger partial charge in [-0.3, -0.25) is 0 Å². The van der Waals surface area contributed by atoms with E-state index in [9.17, 15) is 0 Å². The molecule has 1 N–H and O–H groups in total. The maximum Gasteiger partial charge on any atom is 0.0429 e. The summed E-state index contributed by atoms with van der Waals surface area (Å²) < 4.78 is 0. The molecule has 0 amide bonds. The Bertz CT molecular complexity index is 331. The number of nitrogens with zero attached hydrogens (tertiary/aromatic N) is 1. The number of hydrogen-bond acceptors (Lipinski definition) is 2. The monoisotopic (exact) mass is 190 g/mol. The molecule has 0 spiro atoms. The van der Waals surface area contributed by atoms with Crippen molar-refractivity contribution >= 4 is 5.69 Å². The van der Waals surface area contributed by atoms with Gasteiger partial charge in [-0.15, -0.1) is 0 Å². The highest BCUT2D eigenvalue weighted by molar-refractivity contribution is 5.57. The molecule has 0 aliphatic carbocycles. The van der Waals surface area contributed by atoms with Gasteiger partial charge >= 0.3 is 0 Å². The van der Waals surface area contributed by atoms with Gasteiger partial charge in [0.05, 0.1) is 0 Å². The van der Waals surface area contributed by atoms with Crippen molar-refractivity contribution in [3.63, 3.8) is 0 Å². The van der Waals surface area contributed by atoms with Crippen molar-refractivity contribution in [1.82, 2.24) is 4.90 Å². The van der Waals surface area contributed by atoms with E-state index in [2.05, 4.69) is 49.4 Å². The highest BCUT2D eigenvalue weighted by Gasteiger charge is 2.20. The van der Waals surface area contributed by atoms with E-state index in [-0.39, 0.29) is 0 Å². The minimum Gasteiger partial charge on any atom is -0.380 e. The van der Waals surface area contributed by atoms with Gasteiger partial charge in [0.15, 0.2) is 0 Å². The quantitative estimate of drug-likeness (QED) is 0.766. The molecule has 0 aromatic heterocycles. The lowest BCUT2D eigenvalue weighted by Crippen LogP contribution is -2.30. The molecule has 2 heteroatoms. The number of hydrogen-bond donors (Lipinski definition) is 1. The number of likely N-dealkylation sites (N-methyl/N-ethyl adjacent to an activating group) is 1. The van der Waals surface area contributed by atoms with Gasteiger partial charge in [-0.25, -0.2) is 0 Å². The summed E-state index contributed by atoms with van der Waals surface area (Å²) in [6.45, 7) is 3.26. The first-order valence-corrected chi connectivity index (χ1v) is 5.16. The molecule has 76 valence electrons. The molecule has 1 atom stereocenters. The van der Waals surface area contributed by atoms with E-state index in [1.54, 1.807) is 0 Å². The maximum absolute atomic E-state index is 3.55. The van der Waals surface area contributed by atoms with Crippen molar-refractivity contribution in [2.75, 3.05) is 26.0 Å². The molecule has 1 unspecified atom stereocenters. The number of aryl methyl sites for hydroxylation is 1. The van der Waals surface area contributed by atoms with Gasteiger partial charge in [0.2, 0.25) is 0 Å². The van der Waals surface area contributed by atoms with Crippen LogP contribution >= 0.6 is 0 Å². The topological polar surface area (TPSA) is 15.3 Å². The highest BCUT2D eigenvalue weighted by Crippen LogP contribution is 2.26.